The zero-order valence-electron chi connectivity index (χ0n) is 17.5. The zero-order chi connectivity index (χ0) is 19.3. The molecule has 3 rings (SSSR count). The summed E-state index contributed by atoms with van der Waals surface area (Å²) < 4.78 is 14.1. The number of rotatable bonds is 4. The number of benzene rings is 2. The molecule has 0 aliphatic heterocycles. The SMILES string of the molecule is CC(C)(C)[Si](C)(C)OCc1ccc2c(c1)oc1c[c]([Sn]([CH3])([CH3])[CH3])ccc12. The first-order chi connectivity index (χ1) is 11.9. The Kier molecular flexibility index (Phi) is 5.13. The van der Waals surface area contributed by atoms with Crippen molar-refractivity contribution in [1.82, 2.24) is 0 Å². The van der Waals surface area contributed by atoms with Crippen LogP contribution in [-0.2, 0) is 11.0 Å². The molecule has 0 N–H and O–H groups in total. The molecule has 0 unspecified atom stereocenters. The average Bonchev–Trinajstić information content (AvgIpc) is 2.87. The van der Waals surface area contributed by atoms with Crippen LogP contribution in [0.25, 0.3) is 21.9 Å². The predicted molar refractivity (Wildman–Crippen MR) is 119 cm³/mol. The Bertz CT molecular complexity index is 942. The van der Waals surface area contributed by atoms with Crippen LogP contribution in [0.3, 0.4) is 0 Å². The summed E-state index contributed by atoms with van der Waals surface area (Å²) >= 11 is -2.08. The summed E-state index contributed by atoms with van der Waals surface area (Å²) in [6.45, 7) is 12.1. The van der Waals surface area contributed by atoms with E-state index in [1.807, 2.05) is 0 Å². The van der Waals surface area contributed by atoms with Gasteiger partial charge in [-0.15, -0.1) is 0 Å². The molecule has 0 spiro atoms. The third kappa shape index (κ3) is 3.90. The van der Waals surface area contributed by atoms with Crippen molar-refractivity contribution in [3.8, 4) is 0 Å². The minimum absolute atomic E-state index is 0.228. The minimum atomic E-state index is -2.08. The fraction of sp³-hybridized carbons (Fsp3) is 0.455. The molecule has 0 saturated carbocycles. The fourth-order valence-electron chi connectivity index (χ4n) is 2.86. The molecule has 2 aromatic carbocycles. The molecule has 0 atom stereocenters. The quantitative estimate of drug-likeness (QED) is 0.394. The van der Waals surface area contributed by atoms with Crippen LogP contribution in [0.2, 0.25) is 33.0 Å². The molecule has 0 aliphatic carbocycles. The Morgan fingerprint density at radius 1 is 0.923 bits per heavy atom. The molecule has 0 radical (unpaired) electrons. The molecule has 4 heteroatoms. The molecule has 3 aromatic rings. The number of fused-ring (bicyclic) bond motifs is 3. The van der Waals surface area contributed by atoms with Crippen molar-refractivity contribution < 1.29 is 8.84 Å². The van der Waals surface area contributed by atoms with Gasteiger partial charge >= 0.3 is 163 Å². The van der Waals surface area contributed by atoms with Gasteiger partial charge in [0.25, 0.3) is 0 Å². The topological polar surface area (TPSA) is 22.4 Å². The second-order valence-corrected chi connectivity index (χ2v) is 29.2. The first kappa shape index (κ1) is 20.0. The first-order valence-electron chi connectivity index (χ1n) is 9.48. The first-order valence-corrected chi connectivity index (χ1v) is 22.4. The molecule has 0 fully saturated rings. The third-order valence-electron chi connectivity index (χ3n) is 5.81. The molecule has 2 nitrogen and oxygen atoms in total. The van der Waals surface area contributed by atoms with E-state index in [1.165, 1.54) is 19.9 Å². The fourth-order valence-corrected chi connectivity index (χ4v) is 7.09. The Hall–Kier alpha value is -0.784. The van der Waals surface area contributed by atoms with Crippen molar-refractivity contribution in [2.24, 2.45) is 0 Å². The van der Waals surface area contributed by atoms with E-state index in [0.29, 0.717) is 6.61 Å². The Labute approximate surface area is 162 Å². The van der Waals surface area contributed by atoms with E-state index in [1.54, 1.807) is 0 Å². The van der Waals surface area contributed by atoms with Crippen molar-refractivity contribution >= 4 is 52.2 Å². The van der Waals surface area contributed by atoms with Gasteiger partial charge in [-0.1, -0.05) is 0 Å². The Morgan fingerprint density at radius 3 is 2.08 bits per heavy atom. The van der Waals surface area contributed by atoms with Crippen molar-refractivity contribution in [2.75, 3.05) is 0 Å². The average molecular weight is 475 g/mol. The molecule has 0 amide bonds. The van der Waals surface area contributed by atoms with Gasteiger partial charge < -0.3 is 0 Å². The van der Waals surface area contributed by atoms with E-state index in [2.05, 4.69) is 85.1 Å². The van der Waals surface area contributed by atoms with Crippen molar-refractivity contribution in [1.29, 1.82) is 0 Å². The van der Waals surface area contributed by atoms with Gasteiger partial charge in [-0.3, -0.25) is 0 Å². The summed E-state index contributed by atoms with van der Waals surface area (Å²) in [5.74, 6) is 0. The van der Waals surface area contributed by atoms with Crippen LogP contribution in [-0.4, -0.2) is 26.7 Å². The maximum absolute atomic E-state index is 6.37. The van der Waals surface area contributed by atoms with Gasteiger partial charge in [0.05, 0.1) is 0 Å². The monoisotopic (exact) mass is 476 g/mol. The van der Waals surface area contributed by atoms with Crippen LogP contribution in [0.5, 0.6) is 0 Å². The van der Waals surface area contributed by atoms with Gasteiger partial charge in [-0.05, 0) is 0 Å². The van der Waals surface area contributed by atoms with Crippen LogP contribution in [0.15, 0.2) is 40.8 Å². The summed E-state index contributed by atoms with van der Waals surface area (Å²) in [6.07, 6.45) is 0. The molecule has 1 heterocycles. The normalized spacial score (nSPS) is 13.7. The van der Waals surface area contributed by atoms with Crippen molar-refractivity contribution in [3.05, 3.63) is 42.0 Å². The Balaban J connectivity index is 1.93. The van der Waals surface area contributed by atoms with E-state index in [9.17, 15) is 0 Å². The van der Waals surface area contributed by atoms with Gasteiger partial charge in [-0.25, -0.2) is 0 Å². The summed E-state index contributed by atoms with van der Waals surface area (Å²) in [6, 6.07) is 13.3. The van der Waals surface area contributed by atoms with Crippen LogP contribution >= 0.6 is 0 Å². The molecule has 26 heavy (non-hydrogen) atoms. The van der Waals surface area contributed by atoms with Crippen LogP contribution in [0.1, 0.15) is 26.3 Å². The van der Waals surface area contributed by atoms with Crippen molar-refractivity contribution in [2.45, 2.75) is 60.3 Å². The second-order valence-electron chi connectivity index (χ2n) is 9.94. The summed E-state index contributed by atoms with van der Waals surface area (Å²) in [5, 5.41) is 2.65. The van der Waals surface area contributed by atoms with E-state index < -0.39 is 26.7 Å². The molecule has 0 bridgehead atoms. The van der Waals surface area contributed by atoms with Crippen LogP contribution < -0.4 is 3.58 Å². The summed E-state index contributed by atoms with van der Waals surface area (Å²) in [7, 11) is -1.74. The van der Waals surface area contributed by atoms with Crippen LogP contribution in [0.4, 0.5) is 0 Å². The summed E-state index contributed by atoms with van der Waals surface area (Å²) in [4.78, 5) is 7.32. The van der Waals surface area contributed by atoms with E-state index >= 15 is 0 Å². The molecule has 1 aromatic heterocycles. The Morgan fingerprint density at radius 2 is 1.50 bits per heavy atom. The molecule has 0 aliphatic rings. The maximum atomic E-state index is 6.37. The van der Waals surface area contributed by atoms with E-state index in [4.69, 9.17) is 8.84 Å². The molecule has 0 saturated heterocycles. The van der Waals surface area contributed by atoms with Gasteiger partial charge in [-0.2, -0.15) is 0 Å². The third-order valence-corrected chi connectivity index (χ3v) is 16.1. The molecular formula is C22H32O2SiSn. The predicted octanol–water partition coefficient (Wildman–Crippen LogP) is 6.65. The van der Waals surface area contributed by atoms with Gasteiger partial charge in [0.15, 0.2) is 0 Å². The summed E-state index contributed by atoms with van der Waals surface area (Å²) in [5.41, 5.74) is 3.18. The van der Waals surface area contributed by atoms with Gasteiger partial charge in [0.2, 0.25) is 0 Å². The molecule has 140 valence electrons. The molecular weight excluding hydrogens is 443 g/mol. The van der Waals surface area contributed by atoms with Gasteiger partial charge in [0, 0.05) is 0 Å². The van der Waals surface area contributed by atoms with Gasteiger partial charge in [0.1, 0.15) is 0 Å². The van der Waals surface area contributed by atoms with E-state index in [-0.39, 0.29) is 5.04 Å². The second kappa shape index (κ2) is 6.68. The van der Waals surface area contributed by atoms with Crippen LogP contribution in [0, 0.1) is 0 Å². The standard InChI is InChI=1S/C19H23O2Si.3CH3.Sn/c1-19(2,3)22(4,5)20-13-14-10-11-16-15-8-6-7-9-17(15)21-18(16)12-14;;;;/h6,8-12H,13H2,1-5H3;3*1H3;. The zero-order valence-corrected chi connectivity index (χ0v) is 21.3. The van der Waals surface area contributed by atoms with E-state index in [0.717, 1.165) is 11.2 Å². The number of furan rings is 1. The number of hydrogen-bond acceptors (Lipinski definition) is 2. The van der Waals surface area contributed by atoms with Crippen molar-refractivity contribution in [3.63, 3.8) is 0 Å². The number of hydrogen-bond donors (Lipinski definition) is 0.